The number of halogens is 1. The fourth-order valence-corrected chi connectivity index (χ4v) is 2.48. The third-order valence-electron chi connectivity index (χ3n) is 3.91. The molecule has 1 aromatic heterocycles. The minimum Gasteiger partial charge on any atom is -0.457 e. The lowest BCUT2D eigenvalue weighted by molar-refractivity contribution is 0.0958. The molecule has 148 valence electrons. The molecule has 0 saturated carbocycles. The van der Waals surface area contributed by atoms with Crippen LogP contribution in [0.15, 0.2) is 60.8 Å². The fourth-order valence-electron chi connectivity index (χ4n) is 2.48. The summed E-state index contributed by atoms with van der Waals surface area (Å²) in [5.74, 6) is 0.143. The lowest BCUT2D eigenvalue weighted by Crippen LogP contribution is -2.20. The molecular formula is C21H19FN4O3. The monoisotopic (exact) mass is 394 g/mol. The van der Waals surface area contributed by atoms with Crippen molar-refractivity contribution in [2.75, 3.05) is 17.7 Å². The number of ether oxygens (including phenoxy) is 1. The van der Waals surface area contributed by atoms with Gasteiger partial charge in [0.25, 0.3) is 5.91 Å². The molecule has 3 amide bonds. The van der Waals surface area contributed by atoms with E-state index in [-0.39, 0.29) is 17.3 Å². The van der Waals surface area contributed by atoms with Gasteiger partial charge < -0.3 is 20.7 Å². The third-order valence-corrected chi connectivity index (χ3v) is 3.91. The lowest BCUT2D eigenvalue weighted by Gasteiger charge is -2.10. The number of aryl methyl sites for hydroxylation is 1. The summed E-state index contributed by atoms with van der Waals surface area (Å²) in [6, 6.07) is 13.7. The Hall–Kier alpha value is -3.94. The molecule has 1 heterocycles. The van der Waals surface area contributed by atoms with Crippen molar-refractivity contribution in [1.29, 1.82) is 0 Å². The molecule has 0 bridgehead atoms. The van der Waals surface area contributed by atoms with Crippen molar-refractivity contribution in [1.82, 2.24) is 10.3 Å². The van der Waals surface area contributed by atoms with E-state index in [1.807, 2.05) is 0 Å². The molecule has 0 saturated heterocycles. The van der Waals surface area contributed by atoms with Gasteiger partial charge in [0.15, 0.2) is 0 Å². The molecule has 0 unspecified atom stereocenters. The van der Waals surface area contributed by atoms with E-state index in [1.54, 1.807) is 43.3 Å². The largest absolute Gasteiger partial charge is 0.457 e. The van der Waals surface area contributed by atoms with Crippen molar-refractivity contribution < 1.29 is 18.7 Å². The maximum atomic E-state index is 13.8. The molecule has 2 aromatic carbocycles. The second-order valence-corrected chi connectivity index (χ2v) is 6.14. The van der Waals surface area contributed by atoms with E-state index in [4.69, 9.17) is 4.74 Å². The number of rotatable bonds is 5. The number of carbonyl (C=O) groups excluding carboxylic acids is 2. The number of nitrogens with one attached hydrogen (secondary N) is 3. The number of urea groups is 1. The van der Waals surface area contributed by atoms with Crippen molar-refractivity contribution in [3.63, 3.8) is 0 Å². The Kier molecular flexibility index (Phi) is 6.03. The average molecular weight is 394 g/mol. The molecule has 0 aliphatic rings. The summed E-state index contributed by atoms with van der Waals surface area (Å²) in [6.45, 7) is 1.77. The van der Waals surface area contributed by atoms with Crippen LogP contribution in [0.1, 0.15) is 16.1 Å². The Morgan fingerprint density at radius 2 is 1.72 bits per heavy atom. The van der Waals surface area contributed by atoms with Gasteiger partial charge in [0, 0.05) is 25.0 Å². The zero-order valence-electron chi connectivity index (χ0n) is 15.8. The highest BCUT2D eigenvalue weighted by Gasteiger charge is 2.09. The van der Waals surface area contributed by atoms with E-state index in [1.165, 1.54) is 31.4 Å². The topological polar surface area (TPSA) is 92.4 Å². The van der Waals surface area contributed by atoms with Crippen LogP contribution in [0.25, 0.3) is 0 Å². The number of carbonyl (C=O) groups is 2. The third kappa shape index (κ3) is 5.29. The van der Waals surface area contributed by atoms with Gasteiger partial charge in [-0.2, -0.15) is 0 Å². The van der Waals surface area contributed by atoms with Crippen molar-refractivity contribution >= 4 is 23.3 Å². The summed E-state index contributed by atoms with van der Waals surface area (Å²) in [7, 11) is 1.52. The van der Waals surface area contributed by atoms with Gasteiger partial charge in [-0.05, 0) is 55.0 Å². The Bertz CT molecular complexity index is 1040. The number of anilines is 2. The highest BCUT2D eigenvalue weighted by atomic mass is 19.1. The number of benzene rings is 2. The summed E-state index contributed by atoms with van der Waals surface area (Å²) in [5, 5.41) is 7.58. The first kappa shape index (κ1) is 19.8. The van der Waals surface area contributed by atoms with Crippen molar-refractivity contribution in [2.45, 2.75) is 6.92 Å². The first-order chi connectivity index (χ1) is 13.9. The Labute approximate surface area is 166 Å². The molecule has 7 nitrogen and oxygen atoms in total. The zero-order chi connectivity index (χ0) is 20.8. The molecule has 0 aliphatic heterocycles. The molecule has 8 heteroatoms. The van der Waals surface area contributed by atoms with Gasteiger partial charge >= 0.3 is 6.03 Å². The number of amides is 3. The van der Waals surface area contributed by atoms with E-state index in [0.29, 0.717) is 17.2 Å². The molecule has 3 rings (SSSR count). The molecule has 0 spiro atoms. The lowest BCUT2D eigenvalue weighted by atomic mass is 10.2. The number of hydrogen-bond acceptors (Lipinski definition) is 4. The number of nitrogens with zero attached hydrogens (tertiary/aromatic N) is 1. The van der Waals surface area contributed by atoms with E-state index >= 15 is 0 Å². The van der Waals surface area contributed by atoms with E-state index in [9.17, 15) is 14.0 Å². The van der Waals surface area contributed by atoms with Crippen LogP contribution < -0.4 is 20.7 Å². The molecular weight excluding hydrogens is 375 g/mol. The van der Waals surface area contributed by atoms with Crippen LogP contribution in [0.3, 0.4) is 0 Å². The van der Waals surface area contributed by atoms with Gasteiger partial charge in [-0.25, -0.2) is 9.18 Å². The SMILES string of the molecule is CNC(=O)c1cc(Oc2ccc(NC(=O)Nc3ccc(C)cc3F)cc2)ccn1. The standard InChI is InChI=1S/C21H19FN4O3/c1-13-3-8-18(17(22)11-13)26-21(28)25-14-4-6-15(7-5-14)29-16-9-10-24-19(12-16)20(27)23-2/h3-12H,1-2H3,(H,23,27)(H2,25,26,28). The van der Waals surface area contributed by atoms with Crippen LogP contribution in [-0.2, 0) is 0 Å². The summed E-state index contributed by atoms with van der Waals surface area (Å²) < 4.78 is 19.5. The van der Waals surface area contributed by atoms with Gasteiger partial charge in [0.05, 0.1) is 5.69 Å². The molecule has 3 aromatic rings. The second kappa shape index (κ2) is 8.83. The number of pyridine rings is 1. The Balaban J connectivity index is 1.61. The maximum absolute atomic E-state index is 13.8. The van der Waals surface area contributed by atoms with E-state index in [0.717, 1.165) is 5.56 Å². The minimum absolute atomic E-state index is 0.0951. The van der Waals surface area contributed by atoms with Crippen LogP contribution in [-0.4, -0.2) is 24.0 Å². The van der Waals surface area contributed by atoms with Crippen LogP contribution >= 0.6 is 0 Å². The quantitative estimate of drug-likeness (QED) is 0.601. The molecule has 3 N–H and O–H groups in total. The first-order valence-corrected chi connectivity index (χ1v) is 8.75. The van der Waals surface area contributed by atoms with E-state index in [2.05, 4.69) is 20.9 Å². The Morgan fingerprint density at radius 3 is 2.41 bits per heavy atom. The smallest absolute Gasteiger partial charge is 0.323 e. The maximum Gasteiger partial charge on any atom is 0.323 e. The van der Waals surface area contributed by atoms with Gasteiger partial charge in [-0.15, -0.1) is 0 Å². The van der Waals surface area contributed by atoms with Crippen LogP contribution in [0.5, 0.6) is 11.5 Å². The van der Waals surface area contributed by atoms with Gasteiger partial charge in [0.2, 0.25) is 0 Å². The second-order valence-electron chi connectivity index (χ2n) is 6.14. The summed E-state index contributed by atoms with van der Waals surface area (Å²) in [6.07, 6.45) is 1.48. The van der Waals surface area contributed by atoms with Crippen molar-refractivity contribution in [3.05, 3.63) is 77.9 Å². The summed E-state index contributed by atoms with van der Waals surface area (Å²) in [5.41, 5.74) is 1.60. The van der Waals surface area contributed by atoms with Crippen LogP contribution in [0, 0.1) is 12.7 Å². The highest BCUT2D eigenvalue weighted by Crippen LogP contribution is 2.23. The summed E-state index contributed by atoms with van der Waals surface area (Å²) in [4.78, 5) is 27.7. The molecule has 0 fully saturated rings. The molecule has 0 radical (unpaired) electrons. The minimum atomic E-state index is -0.564. The number of hydrogen-bond donors (Lipinski definition) is 3. The average Bonchev–Trinajstić information content (AvgIpc) is 2.71. The Morgan fingerprint density at radius 1 is 0.966 bits per heavy atom. The zero-order valence-corrected chi connectivity index (χ0v) is 15.8. The molecule has 0 aliphatic carbocycles. The fraction of sp³-hybridized carbons (Fsp3) is 0.0952. The van der Waals surface area contributed by atoms with Crippen molar-refractivity contribution in [2.24, 2.45) is 0 Å². The van der Waals surface area contributed by atoms with Crippen molar-refractivity contribution in [3.8, 4) is 11.5 Å². The highest BCUT2D eigenvalue weighted by molar-refractivity contribution is 5.99. The van der Waals surface area contributed by atoms with Crippen LogP contribution in [0.2, 0.25) is 0 Å². The normalized spacial score (nSPS) is 10.2. The molecule has 29 heavy (non-hydrogen) atoms. The van der Waals surface area contributed by atoms with Crippen LogP contribution in [0.4, 0.5) is 20.6 Å². The van der Waals surface area contributed by atoms with E-state index < -0.39 is 11.8 Å². The first-order valence-electron chi connectivity index (χ1n) is 8.75. The number of aromatic nitrogens is 1. The predicted octanol–water partition coefficient (Wildman–Crippen LogP) is 4.33. The summed E-state index contributed by atoms with van der Waals surface area (Å²) >= 11 is 0. The van der Waals surface area contributed by atoms with Gasteiger partial charge in [-0.1, -0.05) is 6.07 Å². The molecule has 0 atom stereocenters. The predicted molar refractivity (Wildman–Crippen MR) is 108 cm³/mol. The van der Waals surface area contributed by atoms with Gasteiger partial charge in [-0.3, -0.25) is 9.78 Å². The van der Waals surface area contributed by atoms with Gasteiger partial charge in [0.1, 0.15) is 23.0 Å².